The summed E-state index contributed by atoms with van der Waals surface area (Å²) in [6, 6.07) is 0. The summed E-state index contributed by atoms with van der Waals surface area (Å²) in [7, 11) is 0. The topological polar surface area (TPSA) is 63.6 Å². The average molecular weight is 262 g/mol. The molecular formula is C15H18O4. The minimum Gasteiger partial charge on any atom is -0.425 e. The lowest BCUT2D eigenvalue weighted by Crippen LogP contribution is -2.41. The van der Waals surface area contributed by atoms with Gasteiger partial charge in [0.15, 0.2) is 5.78 Å². The van der Waals surface area contributed by atoms with Crippen LogP contribution in [0.2, 0.25) is 0 Å². The second-order valence-corrected chi connectivity index (χ2v) is 6.11. The number of esters is 1. The normalized spacial score (nSPS) is 38.3. The van der Waals surface area contributed by atoms with Gasteiger partial charge in [0.1, 0.15) is 0 Å². The molecule has 0 aromatic carbocycles. The van der Waals surface area contributed by atoms with Gasteiger partial charge in [-0.2, -0.15) is 0 Å². The third-order valence-electron chi connectivity index (χ3n) is 4.42. The Morgan fingerprint density at radius 3 is 2.63 bits per heavy atom. The molecule has 0 unspecified atom stereocenters. The summed E-state index contributed by atoms with van der Waals surface area (Å²) in [5, 5.41) is 10.6. The van der Waals surface area contributed by atoms with Crippen LogP contribution in [0.15, 0.2) is 22.3 Å². The van der Waals surface area contributed by atoms with Crippen LogP contribution in [-0.2, 0) is 14.3 Å². The van der Waals surface area contributed by atoms with Crippen molar-refractivity contribution in [3.63, 3.8) is 0 Å². The van der Waals surface area contributed by atoms with Crippen molar-refractivity contribution in [3.8, 4) is 0 Å². The molecule has 1 N–H and O–H groups in total. The van der Waals surface area contributed by atoms with Gasteiger partial charge in [0, 0.05) is 29.6 Å². The number of hydrogen-bond acceptors (Lipinski definition) is 4. The zero-order chi connectivity index (χ0) is 13.9. The highest BCUT2D eigenvalue weighted by atomic mass is 16.7. The first-order chi connectivity index (χ1) is 8.83. The van der Waals surface area contributed by atoms with Crippen LogP contribution >= 0.6 is 0 Å². The Labute approximate surface area is 112 Å². The van der Waals surface area contributed by atoms with Crippen LogP contribution in [0.1, 0.15) is 40.0 Å². The molecule has 0 radical (unpaired) electrons. The third-order valence-corrected chi connectivity index (χ3v) is 4.42. The van der Waals surface area contributed by atoms with Crippen molar-refractivity contribution in [3.05, 3.63) is 22.3 Å². The minimum absolute atomic E-state index is 0.0672. The third kappa shape index (κ3) is 1.62. The summed E-state index contributed by atoms with van der Waals surface area (Å²) in [5.41, 5.74) is 2.66. The molecule has 0 bridgehead atoms. The maximum atomic E-state index is 12.2. The van der Waals surface area contributed by atoms with Gasteiger partial charge in [-0.25, -0.2) is 4.79 Å². The van der Waals surface area contributed by atoms with Gasteiger partial charge >= 0.3 is 5.97 Å². The van der Waals surface area contributed by atoms with E-state index in [1.807, 2.05) is 13.8 Å². The lowest BCUT2D eigenvalue weighted by Gasteiger charge is -2.39. The first-order valence-electron chi connectivity index (χ1n) is 6.77. The van der Waals surface area contributed by atoms with Crippen LogP contribution in [-0.4, -0.2) is 22.6 Å². The number of carbonyl (C=O) groups excluding carboxylic acids is 2. The van der Waals surface area contributed by atoms with Crippen LogP contribution < -0.4 is 0 Å². The van der Waals surface area contributed by atoms with E-state index in [4.69, 9.17) is 4.74 Å². The van der Waals surface area contributed by atoms with E-state index in [9.17, 15) is 14.7 Å². The van der Waals surface area contributed by atoms with Crippen molar-refractivity contribution in [2.75, 3.05) is 0 Å². The van der Waals surface area contributed by atoms with Gasteiger partial charge in [-0.1, -0.05) is 13.8 Å². The molecule has 1 aliphatic heterocycles. The van der Waals surface area contributed by atoms with Crippen molar-refractivity contribution in [1.82, 2.24) is 0 Å². The fourth-order valence-corrected chi connectivity index (χ4v) is 3.73. The molecule has 3 rings (SSSR count). The minimum atomic E-state index is -1.52. The quantitative estimate of drug-likeness (QED) is 0.677. The summed E-state index contributed by atoms with van der Waals surface area (Å²) >= 11 is 0. The highest BCUT2D eigenvalue weighted by Crippen LogP contribution is 2.50. The summed E-state index contributed by atoms with van der Waals surface area (Å²) < 4.78 is 5.15. The van der Waals surface area contributed by atoms with Crippen LogP contribution in [0.4, 0.5) is 0 Å². The van der Waals surface area contributed by atoms with Gasteiger partial charge in [-0.15, -0.1) is 0 Å². The Bertz CT molecular complexity index is 554. The van der Waals surface area contributed by atoms with Crippen molar-refractivity contribution >= 4 is 11.8 Å². The number of ketones is 1. The molecular weight excluding hydrogens is 244 g/mol. The monoisotopic (exact) mass is 262 g/mol. The van der Waals surface area contributed by atoms with E-state index in [-0.39, 0.29) is 24.0 Å². The van der Waals surface area contributed by atoms with Crippen molar-refractivity contribution < 1.29 is 19.4 Å². The molecule has 102 valence electrons. The number of aliphatic hydroxyl groups is 1. The number of carbonyl (C=O) groups is 2. The number of hydrogen-bond donors (Lipinski definition) is 1. The predicted molar refractivity (Wildman–Crippen MR) is 68.0 cm³/mol. The molecule has 1 heterocycles. The fourth-order valence-electron chi connectivity index (χ4n) is 3.73. The molecule has 2 aliphatic carbocycles. The lowest BCUT2D eigenvalue weighted by atomic mass is 9.68. The first kappa shape index (κ1) is 12.6. The largest absolute Gasteiger partial charge is 0.425 e. The number of Topliss-reactive ketones (excluding diaryl/α,β-unsaturated/α-hetero) is 1. The van der Waals surface area contributed by atoms with Crippen molar-refractivity contribution in [1.29, 1.82) is 0 Å². The highest BCUT2D eigenvalue weighted by molar-refractivity contribution is 6.01. The van der Waals surface area contributed by atoms with Gasteiger partial charge in [0.25, 0.3) is 0 Å². The summed E-state index contributed by atoms with van der Waals surface area (Å²) in [5.74, 6) is -1.65. The van der Waals surface area contributed by atoms with Gasteiger partial charge in [0.2, 0.25) is 5.79 Å². The van der Waals surface area contributed by atoms with E-state index in [2.05, 4.69) is 0 Å². The van der Waals surface area contributed by atoms with E-state index in [1.165, 1.54) is 0 Å². The summed E-state index contributed by atoms with van der Waals surface area (Å²) in [4.78, 5) is 24.0. The zero-order valence-corrected chi connectivity index (χ0v) is 11.4. The van der Waals surface area contributed by atoms with E-state index in [0.29, 0.717) is 17.6 Å². The van der Waals surface area contributed by atoms with Crippen LogP contribution in [0.3, 0.4) is 0 Å². The molecule has 4 heteroatoms. The molecule has 0 amide bonds. The van der Waals surface area contributed by atoms with Crippen LogP contribution in [0, 0.1) is 11.8 Å². The van der Waals surface area contributed by atoms with Crippen molar-refractivity contribution in [2.45, 2.75) is 45.8 Å². The van der Waals surface area contributed by atoms with E-state index in [1.54, 1.807) is 6.92 Å². The fraction of sp³-hybridized carbons (Fsp3) is 0.600. The molecule has 0 fully saturated rings. The molecule has 0 saturated heterocycles. The first-order valence-corrected chi connectivity index (χ1v) is 6.77. The lowest BCUT2D eigenvalue weighted by molar-refractivity contribution is -0.186. The molecule has 19 heavy (non-hydrogen) atoms. The SMILES string of the molecule is CC1=C2C3=C(C(=O)C[C@@H](C)C3)[C@@H](C)C[C@]2(O)OC1=O. The summed E-state index contributed by atoms with van der Waals surface area (Å²) in [6.45, 7) is 5.60. The van der Waals surface area contributed by atoms with Gasteiger partial charge in [-0.05, 0) is 30.8 Å². The molecule has 3 aliphatic rings. The Kier molecular flexibility index (Phi) is 2.52. The highest BCUT2D eigenvalue weighted by Gasteiger charge is 2.52. The van der Waals surface area contributed by atoms with Gasteiger partial charge < -0.3 is 9.84 Å². The van der Waals surface area contributed by atoms with E-state index >= 15 is 0 Å². The molecule has 0 aromatic heterocycles. The Balaban J connectivity index is 2.23. The van der Waals surface area contributed by atoms with E-state index in [0.717, 1.165) is 17.6 Å². The van der Waals surface area contributed by atoms with Gasteiger partial charge in [-0.3, -0.25) is 4.79 Å². The van der Waals surface area contributed by atoms with E-state index < -0.39 is 11.8 Å². The number of ether oxygens (including phenoxy) is 1. The maximum Gasteiger partial charge on any atom is 0.337 e. The maximum absolute atomic E-state index is 12.2. The Morgan fingerprint density at radius 1 is 1.26 bits per heavy atom. The Hall–Kier alpha value is -1.42. The molecule has 0 saturated carbocycles. The second kappa shape index (κ2) is 3.79. The number of fused-ring (bicyclic) bond motifs is 2. The molecule has 4 nitrogen and oxygen atoms in total. The Morgan fingerprint density at radius 2 is 1.95 bits per heavy atom. The van der Waals surface area contributed by atoms with Gasteiger partial charge in [0.05, 0.1) is 0 Å². The second-order valence-electron chi connectivity index (χ2n) is 6.11. The molecule has 0 spiro atoms. The van der Waals surface area contributed by atoms with Crippen LogP contribution in [0.25, 0.3) is 0 Å². The summed E-state index contributed by atoms with van der Waals surface area (Å²) in [6.07, 6.45) is 1.57. The average Bonchev–Trinajstić information content (AvgIpc) is 2.47. The van der Waals surface area contributed by atoms with Crippen molar-refractivity contribution in [2.24, 2.45) is 11.8 Å². The number of allylic oxidation sites excluding steroid dienone is 1. The predicted octanol–water partition coefficient (Wildman–Crippen LogP) is 1.88. The molecule has 0 aromatic rings. The molecule has 3 atom stereocenters. The zero-order valence-electron chi connectivity index (χ0n) is 11.4. The standard InChI is InChI=1S/C15H18O4/c1-7-4-10-12(11(16)5-7)8(2)6-15(18)13(10)9(3)14(17)19-15/h7-8,18H,4-6H2,1-3H3/t7-,8-,15-/m0/s1. The number of rotatable bonds is 0. The van der Waals surface area contributed by atoms with Crippen LogP contribution in [0.5, 0.6) is 0 Å². The smallest absolute Gasteiger partial charge is 0.337 e.